The molecule has 4 unspecified atom stereocenters. The summed E-state index contributed by atoms with van der Waals surface area (Å²) >= 11 is 0. The SMILES string of the molecule is CCN(CCOCC(=O)O)c1ccc(C2C(O)C(C)C2(C)O)cc1. The molecule has 2 rings (SSSR count). The minimum Gasteiger partial charge on any atom is -0.480 e. The van der Waals surface area contributed by atoms with Crippen LogP contribution in [-0.4, -0.2) is 59.3 Å². The number of carboxylic acid groups (broad SMARTS) is 1. The number of benzene rings is 1. The normalized spacial score (nSPS) is 29.1. The van der Waals surface area contributed by atoms with Crippen molar-refractivity contribution in [2.45, 2.75) is 38.4 Å². The Balaban J connectivity index is 1.98. The highest BCUT2D eigenvalue weighted by Gasteiger charge is 2.56. The smallest absolute Gasteiger partial charge is 0.329 e. The van der Waals surface area contributed by atoms with Crippen LogP contribution in [0.3, 0.4) is 0 Å². The van der Waals surface area contributed by atoms with Gasteiger partial charge in [0, 0.05) is 30.6 Å². The second-order valence-corrected chi connectivity index (χ2v) is 6.60. The van der Waals surface area contributed by atoms with Crippen LogP contribution in [-0.2, 0) is 9.53 Å². The van der Waals surface area contributed by atoms with Crippen molar-refractivity contribution in [1.29, 1.82) is 0 Å². The van der Waals surface area contributed by atoms with Crippen LogP contribution in [0.5, 0.6) is 0 Å². The minimum absolute atomic E-state index is 0.138. The van der Waals surface area contributed by atoms with Crippen LogP contribution >= 0.6 is 0 Å². The molecule has 0 bridgehead atoms. The second-order valence-electron chi connectivity index (χ2n) is 6.60. The molecule has 0 saturated heterocycles. The average molecular weight is 337 g/mol. The number of anilines is 1. The summed E-state index contributed by atoms with van der Waals surface area (Å²) in [6.07, 6.45) is -0.530. The van der Waals surface area contributed by atoms with Crippen molar-refractivity contribution in [3.05, 3.63) is 29.8 Å². The third-order valence-corrected chi connectivity index (χ3v) is 5.14. The van der Waals surface area contributed by atoms with E-state index in [-0.39, 0.29) is 18.4 Å². The predicted octanol–water partition coefficient (Wildman–Crippen LogP) is 1.46. The lowest BCUT2D eigenvalue weighted by molar-refractivity contribution is -0.178. The van der Waals surface area contributed by atoms with Crippen molar-refractivity contribution in [2.75, 3.05) is 31.2 Å². The molecule has 134 valence electrons. The Bertz CT molecular complexity index is 557. The highest BCUT2D eigenvalue weighted by atomic mass is 16.5. The van der Waals surface area contributed by atoms with E-state index in [2.05, 4.69) is 4.90 Å². The highest BCUT2D eigenvalue weighted by Crippen LogP contribution is 2.50. The lowest BCUT2D eigenvalue weighted by Gasteiger charge is -2.53. The van der Waals surface area contributed by atoms with Crippen LogP contribution in [0, 0.1) is 5.92 Å². The number of aliphatic hydroxyl groups is 2. The number of carboxylic acids is 1. The lowest BCUT2D eigenvalue weighted by Crippen LogP contribution is -2.61. The van der Waals surface area contributed by atoms with Gasteiger partial charge in [0.15, 0.2) is 0 Å². The van der Waals surface area contributed by atoms with E-state index in [0.717, 1.165) is 17.8 Å². The lowest BCUT2D eigenvalue weighted by atomic mass is 9.58. The maximum atomic E-state index is 10.4. The number of aliphatic carboxylic acids is 1. The number of carbonyl (C=O) groups is 1. The van der Waals surface area contributed by atoms with E-state index < -0.39 is 17.7 Å². The maximum absolute atomic E-state index is 10.4. The topological polar surface area (TPSA) is 90.2 Å². The van der Waals surface area contributed by atoms with Crippen molar-refractivity contribution in [3.63, 3.8) is 0 Å². The predicted molar refractivity (Wildman–Crippen MR) is 91.3 cm³/mol. The standard InChI is InChI=1S/C18H27NO5/c1-4-19(9-10-24-11-15(20)21)14-7-5-13(6-8-14)16-17(22)12(2)18(16,3)23/h5-8,12,16-17,22-23H,4,9-11H2,1-3H3,(H,20,21). The molecule has 1 saturated carbocycles. The van der Waals surface area contributed by atoms with E-state index >= 15 is 0 Å². The number of aliphatic hydroxyl groups excluding tert-OH is 1. The molecule has 0 heterocycles. The number of likely N-dealkylation sites (N-methyl/N-ethyl adjacent to an activating group) is 1. The molecule has 1 aromatic rings. The highest BCUT2D eigenvalue weighted by molar-refractivity contribution is 5.68. The summed E-state index contributed by atoms with van der Waals surface area (Å²) in [7, 11) is 0. The van der Waals surface area contributed by atoms with Crippen molar-refractivity contribution in [1.82, 2.24) is 0 Å². The average Bonchev–Trinajstić information content (AvgIpc) is 2.55. The zero-order valence-electron chi connectivity index (χ0n) is 14.5. The molecule has 6 heteroatoms. The Labute approximate surface area is 142 Å². The molecular weight excluding hydrogens is 310 g/mol. The first-order valence-corrected chi connectivity index (χ1v) is 8.34. The molecule has 1 fully saturated rings. The van der Waals surface area contributed by atoms with Gasteiger partial charge in [0.25, 0.3) is 0 Å². The van der Waals surface area contributed by atoms with Gasteiger partial charge in [0.1, 0.15) is 6.61 Å². The van der Waals surface area contributed by atoms with Crippen LogP contribution < -0.4 is 4.90 Å². The third-order valence-electron chi connectivity index (χ3n) is 5.14. The molecule has 1 aliphatic rings. The number of hydrogen-bond donors (Lipinski definition) is 3. The Kier molecular flexibility index (Phi) is 5.85. The number of rotatable bonds is 8. The van der Waals surface area contributed by atoms with Gasteiger partial charge >= 0.3 is 5.97 Å². The van der Waals surface area contributed by atoms with Crippen molar-refractivity contribution >= 4 is 11.7 Å². The first-order valence-electron chi connectivity index (χ1n) is 8.34. The first kappa shape index (κ1) is 18.7. The maximum Gasteiger partial charge on any atom is 0.329 e. The molecule has 3 N–H and O–H groups in total. The summed E-state index contributed by atoms with van der Waals surface area (Å²) in [4.78, 5) is 12.5. The van der Waals surface area contributed by atoms with E-state index in [1.54, 1.807) is 6.92 Å². The van der Waals surface area contributed by atoms with Crippen LogP contribution in [0.2, 0.25) is 0 Å². The summed E-state index contributed by atoms with van der Waals surface area (Å²) < 4.78 is 5.08. The van der Waals surface area contributed by atoms with Gasteiger partial charge in [-0.05, 0) is 31.5 Å². The minimum atomic E-state index is -0.970. The van der Waals surface area contributed by atoms with E-state index in [4.69, 9.17) is 9.84 Å². The zero-order chi connectivity index (χ0) is 17.9. The molecule has 0 spiro atoms. The number of hydrogen-bond acceptors (Lipinski definition) is 5. The van der Waals surface area contributed by atoms with Crippen molar-refractivity contribution in [2.24, 2.45) is 5.92 Å². The van der Waals surface area contributed by atoms with Gasteiger partial charge in [-0.3, -0.25) is 0 Å². The van der Waals surface area contributed by atoms with E-state index in [1.807, 2.05) is 38.1 Å². The Morgan fingerprint density at radius 3 is 2.46 bits per heavy atom. The van der Waals surface area contributed by atoms with Gasteiger partial charge in [-0.1, -0.05) is 19.1 Å². The molecule has 0 radical (unpaired) electrons. The van der Waals surface area contributed by atoms with Gasteiger partial charge in [-0.15, -0.1) is 0 Å². The van der Waals surface area contributed by atoms with Crippen LogP contribution in [0.25, 0.3) is 0 Å². The van der Waals surface area contributed by atoms with E-state index in [0.29, 0.717) is 13.2 Å². The van der Waals surface area contributed by atoms with Crippen LogP contribution in [0.15, 0.2) is 24.3 Å². The fourth-order valence-corrected chi connectivity index (χ4v) is 3.38. The van der Waals surface area contributed by atoms with Crippen molar-refractivity contribution in [3.8, 4) is 0 Å². The molecule has 0 aromatic heterocycles. The summed E-state index contributed by atoms with van der Waals surface area (Å²) in [6, 6.07) is 7.79. The van der Waals surface area contributed by atoms with Gasteiger partial charge in [0.2, 0.25) is 0 Å². The number of ether oxygens (including phenoxy) is 1. The third kappa shape index (κ3) is 3.71. The van der Waals surface area contributed by atoms with E-state index in [1.165, 1.54) is 0 Å². The summed E-state index contributed by atoms with van der Waals surface area (Å²) in [5.41, 5.74) is 1.03. The fraction of sp³-hybridized carbons (Fsp3) is 0.611. The molecule has 4 atom stereocenters. The van der Waals surface area contributed by atoms with Gasteiger partial charge in [0.05, 0.1) is 18.3 Å². The van der Waals surface area contributed by atoms with E-state index in [9.17, 15) is 15.0 Å². The summed E-state index contributed by atoms with van der Waals surface area (Å²) in [5.74, 6) is -1.38. The largest absolute Gasteiger partial charge is 0.480 e. The molecule has 0 amide bonds. The van der Waals surface area contributed by atoms with Gasteiger partial charge in [-0.2, -0.15) is 0 Å². The molecule has 6 nitrogen and oxygen atoms in total. The second kappa shape index (κ2) is 7.51. The quantitative estimate of drug-likeness (QED) is 0.622. The van der Waals surface area contributed by atoms with Crippen LogP contribution in [0.4, 0.5) is 5.69 Å². The van der Waals surface area contributed by atoms with Crippen LogP contribution in [0.1, 0.15) is 32.3 Å². The Hall–Kier alpha value is -1.63. The monoisotopic (exact) mass is 337 g/mol. The summed E-state index contributed by atoms with van der Waals surface area (Å²) in [6.45, 7) is 7.07. The molecular formula is C18H27NO5. The fourth-order valence-electron chi connectivity index (χ4n) is 3.38. The summed E-state index contributed by atoms with van der Waals surface area (Å²) in [5, 5.41) is 29.2. The van der Waals surface area contributed by atoms with Gasteiger partial charge in [-0.25, -0.2) is 4.79 Å². The Morgan fingerprint density at radius 2 is 1.96 bits per heavy atom. The molecule has 24 heavy (non-hydrogen) atoms. The molecule has 1 aromatic carbocycles. The van der Waals surface area contributed by atoms with Crippen molar-refractivity contribution < 1.29 is 24.9 Å². The zero-order valence-corrected chi connectivity index (χ0v) is 14.5. The molecule has 1 aliphatic carbocycles. The Morgan fingerprint density at radius 1 is 1.33 bits per heavy atom. The first-order chi connectivity index (χ1) is 11.3. The van der Waals surface area contributed by atoms with Gasteiger partial charge < -0.3 is 25.0 Å². The molecule has 0 aliphatic heterocycles. The number of nitrogens with zero attached hydrogens (tertiary/aromatic N) is 1.